The zero-order valence-corrected chi connectivity index (χ0v) is 15.7. The number of likely N-dealkylation sites (N-methyl/N-ethyl adjacent to an activating group) is 1. The lowest BCUT2D eigenvalue weighted by Crippen LogP contribution is -2.37. The molecule has 0 radical (unpaired) electrons. The minimum absolute atomic E-state index is 0.258. The van der Waals surface area contributed by atoms with Crippen LogP contribution in [0.4, 0.5) is 5.69 Å². The third kappa shape index (κ3) is 4.57. The van der Waals surface area contributed by atoms with E-state index in [0.717, 1.165) is 5.69 Å². The number of anilines is 1. The van der Waals surface area contributed by atoms with Gasteiger partial charge in [0.15, 0.2) is 6.10 Å². The van der Waals surface area contributed by atoms with Crippen LogP contribution < -0.4 is 9.64 Å². The smallest absolute Gasteiger partial charge is 0.342 e. The number of rotatable bonds is 6. The number of ether oxygens (including phenoxy) is 2. The molecule has 3 aromatic rings. The molecule has 1 atom stereocenters. The molecule has 0 aromatic heterocycles. The van der Waals surface area contributed by atoms with Crippen molar-refractivity contribution in [3.05, 3.63) is 90.5 Å². The normalized spacial score (nSPS) is 11.4. The summed E-state index contributed by atoms with van der Waals surface area (Å²) >= 11 is 0. The van der Waals surface area contributed by atoms with E-state index in [0.29, 0.717) is 11.5 Å². The van der Waals surface area contributed by atoms with Gasteiger partial charge in [-0.2, -0.15) is 0 Å². The van der Waals surface area contributed by atoms with Gasteiger partial charge in [-0.05, 0) is 43.3 Å². The third-order valence-corrected chi connectivity index (χ3v) is 4.18. The Morgan fingerprint density at radius 2 is 1.39 bits per heavy atom. The number of hydrogen-bond acceptors (Lipinski definition) is 4. The van der Waals surface area contributed by atoms with Crippen LogP contribution in [0.2, 0.25) is 0 Å². The van der Waals surface area contributed by atoms with Crippen LogP contribution in [-0.4, -0.2) is 25.0 Å². The Labute approximate surface area is 164 Å². The summed E-state index contributed by atoms with van der Waals surface area (Å²) in [7, 11) is 1.65. The summed E-state index contributed by atoms with van der Waals surface area (Å²) in [5.74, 6) is 0.0419. The highest BCUT2D eigenvalue weighted by Gasteiger charge is 2.24. The summed E-state index contributed by atoms with van der Waals surface area (Å²) in [6.07, 6.45) is -0.942. The lowest BCUT2D eigenvalue weighted by molar-refractivity contribution is -0.126. The maximum Gasteiger partial charge on any atom is 0.342 e. The Balaban J connectivity index is 1.71. The second-order valence-electron chi connectivity index (χ2n) is 6.19. The van der Waals surface area contributed by atoms with E-state index in [9.17, 15) is 9.59 Å². The van der Waals surface area contributed by atoms with Crippen molar-refractivity contribution < 1.29 is 19.1 Å². The number of nitrogens with zero attached hydrogens (tertiary/aromatic N) is 1. The van der Waals surface area contributed by atoms with Crippen molar-refractivity contribution in [1.29, 1.82) is 0 Å². The first kappa shape index (κ1) is 19.2. The van der Waals surface area contributed by atoms with E-state index in [1.807, 2.05) is 48.5 Å². The fourth-order valence-corrected chi connectivity index (χ4v) is 2.67. The third-order valence-electron chi connectivity index (χ3n) is 4.18. The predicted octanol–water partition coefficient (Wildman–Crippen LogP) is 4.69. The van der Waals surface area contributed by atoms with E-state index < -0.39 is 12.1 Å². The van der Waals surface area contributed by atoms with E-state index >= 15 is 0 Å². The summed E-state index contributed by atoms with van der Waals surface area (Å²) < 4.78 is 11.2. The molecule has 0 saturated carbocycles. The first-order valence-corrected chi connectivity index (χ1v) is 8.92. The first-order chi connectivity index (χ1) is 13.6. The largest absolute Gasteiger partial charge is 0.456 e. The molecule has 1 amide bonds. The fraction of sp³-hybridized carbons (Fsp3) is 0.130. The molecule has 0 aliphatic rings. The summed E-state index contributed by atoms with van der Waals surface area (Å²) in [5, 5.41) is 0. The van der Waals surface area contributed by atoms with Crippen molar-refractivity contribution in [3.8, 4) is 11.5 Å². The minimum Gasteiger partial charge on any atom is -0.456 e. The van der Waals surface area contributed by atoms with Crippen molar-refractivity contribution in [2.45, 2.75) is 13.0 Å². The molecule has 0 fully saturated rings. The van der Waals surface area contributed by atoms with Gasteiger partial charge < -0.3 is 14.4 Å². The van der Waals surface area contributed by atoms with Crippen LogP contribution >= 0.6 is 0 Å². The maximum atomic E-state index is 12.7. The van der Waals surface area contributed by atoms with Crippen LogP contribution in [0.5, 0.6) is 11.5 Å². The molecule has 0 saturated heterocycles. The molecule has 3 rings (SSSR count). The second kappa shape index (κ2) is 8.86. The van der Waals surface area contributed by atoms with E-state index in [1.165, 1.54) is 4.90 Å². The van der Waals surface area contributed by atoms with Crippen molar-refractivity contribution in [2.75, 3.05) is 11.9 Å². The van der Waals surface area contributed by atoms with Crippen LogP contribution in [0, 0.1) is 0 Å². The van der Waals surface area contributed by atoms with Gasteiger partial charge in [-0.3, -0.25) is 4.79 Å². The molecule has 0 bridgehead atoms. The molecular weight excluding hydrogens is 354 g/mol. The Kier molecular flexibility index (Phi) is 6.07. The number of amides is 1. The highest BCUT2D eigenvalue weighted by atomic mass is 16.5. The Morgan fingerprint density at radius 1 is 0.821 bits per heavy atom. The zero-order chi connectivity index (χ0) is 19.9. The molecule has 28 heavy (non-hydrogen) atoms. The maximum absolute atomic E-state index is 12.7. The lowest BCUT2D eigenvalue weighted by Gasteiger charge is -2.22. The Morgan fingerprint density at radius 3 is 2.07 bits per heavy atom. The number of carbonyl (C=O) groups is 2. The zero-order valence-electron chi connectivity index (χ0n) is 15.7. The van der Waals surface area contributed by atoms with Crippen molar-refractivity contribution >= 4 is 17.6 Å². The number of esters is 1. The van der Waals surface area contributed by atoms with Crippen LogP contribution in [0.15, 0.2) is 84.9 Å². The quantitative estimate of drug-likeness (QED) is 0.587. The second-order valence-corrected chi connectivity index (χ2v) is 6.19. The molecule has 0 aliphatic carbocycles. The SMILES string of the molecule is C[C@@H](OC(=O)c1ccccc1Oc1ccccc1)C(=O)N(C)c1ccccc1. The standard InChI is InChI=1S/C23H21NO4/c1-17(22(25)24(2)18-11-5-3-6-12-18)27-23(26)20-15-9-10-16-21(20)28-19-13-7-4-8-14-19/h3-17H,1-2H3/t17-/m1/s1. The molecule has 0 spiro atoms. The molecule has 142 valence electrons. The van der Waals surface area contributed by atoms with Gasteiger partial charge in [0, 0.05) is 12.7 Å². The van der Waals surface area contributed by atoms with Gasteiger partial charge in [0.25, 0.3) is 5.91 Å². The average molecular weight is 375 g/mol. The molecular formula is C23H21NO4. The highest BCUT2D eigenvalue weighted by molar-refractivity contribution is 5.99. The molecule has 0 aliphatic heterocycles. The average Bonchev–Trinajstić information content (AvgIpc) is 2.74. The van der Waals surface area contributed by atoms with Gasteiger partial charge in [0.2, 0.25) is 0 Å². The lowest BCUT2D eigenvalue weighted by atomic mass is 10.2. The van der Waals surface area contributed by atoms with Gasteiger partial charge in [-0.1, -0.05) is 48.5 Å². The van der Waals surface area contributed by atoms with Crippen molar-refractivity contribution in [2.24, 2.45) is 0 Å². The first-order valence-electron chi connectivity index (χ1n) is 8.92. The van der Waals surface area contributed by atoms with Crippen LogP contribution in [0.3, 0.4) is 0 Å². The molecule has 5 nitrogen and oxygen atoms in total. The van der Waals surface area contributed by atoms with Gasteiger partial charge >= 0.3 is 5.97 Å². The van der Waals surface area contributed by atoms with E-state index in [4.69, 9.17) is 9.47 Å². The van der Waals surface area contributed by atoms with Crippen LogP contribution in [0.1, 0.15) is 17.3 Å². The topological polar surface area (TPSA) is 55.8 Å². The van der Waals surface area contributed by atoms with E-state index in [2.05, 4.69) is 0 Å². The minimum atomic E-state index is -0.942. The van der Waals surface area contributed by atoms with Crippen molar-refractivity contribution in [1.82, 2.24) is 0 Å². The molecule has 3 aromatic carbocycles. The van der Waals surface area contributed by atoms with E-state index in [1.54, 1.807) is 50.4 Å². The summed E-state index contributed by atoms with van der Waals surface area (Å²) in [6.45, 7) is 1.56. The van der Waals surface area contributed by atoms with Gasteiger partial charge in [-0.25, -0.2) is 4.79 Å². The van der Waals surface area contributed by atoms with Gasteiger partial charge in [-0.15, -0.1) is 0 Å². The van der Waals surface area contributed by atoms with Crippen LogP contribution in [0.25, 0.3) is 0 Å². The predicted molar refractivity (Wildman–Crippen MR) is 108 cm³/mol. The number of carbonyl (C=O) groups excluding carboxylic acids is 2. The highest BCUT2D eigenvalue weighted by Crippen LogP contribution is 2.26. The van der Waals surface area contributed by atoms with E-state index in [-0.39, 0.29) is 11.5 Å². The van der Waals surface area contributed by atoms with Crippen LogP contribution in [-0.2, 0) is 9.53 Å². The van der Waals surface area contributed by atoms with Crippen molar-refractivity contribution in [3.63, 3.8) is 0 Å². The Bertz CT molecular complexity index is 941. The van der Waals surface area contributed by atoms with Gasteiger partial charge in [0.1, 0.15) is 17.1 Å². The fourth-order valence-electron chi connectivity index (χ4n) is 2.67. The number of hydrogen-bond donors (Lipinski definition) is 0. The summed E-state index contributed by atoms with van der Waals surface area (Å²) in [6, 6.07) is 25.1. The molecule has 5 heteroatoms. The monoisotopic (exact) mass is 375 g/mol. The Hall–Kier alpha value is -3.60. The van der Waals surface area contributed by atoms with Gasteiger partial charge in [0.05, 0.1) is 0 Å². The molecule has 0 heterocycles. The molecule has 0 N–H and O–H groups in total. The number of para-hydroxylation sites is 3. The molecule has 0 unspecified atom stereocenters. The summed E-state index contributed by atoms with van der Waals surface area (Å²) in [5.41, 5.74) is 0.983. The number of benzene rings is 3. The summed E-state index contributed by atoms with van der Waals surface area (Å²) in [4.78, 5) is 26.7.